The summed E-state index contributed by atoms with van der Waals surface area (Å²) in [4.78, 5) is 13.7. The van der Waals surface area contributed by atoms with Crippen LogP contribution in [-0.2, 0) is 0 Å². The Hall–Kier alpha value is -1.49. The molecule has 0 aliphatic carbocycles. The van der Waals surface area contributed by atoms with Crippen molar-refractivity contribution in [3.63, 3.8) is 0 Å². The summed E-state index contributed by atoms with van der Waals surface area (Å²) in [5, 5.41) is 0.703. The third kappa shape index (κ3) is 4.20. The Kier molecular flexibility index (Phi) is 5.72. The lowest BCUT2D eigenvalue weighted by Crippen LogP contribution is -2.05. The van der Waals surface area contributed by atoms with Crippen LogP contribution in [0.3, 0.4) is 0 Å². The third-order valence-corrected chi connectivity index (χ3v) is 5.79. The Labute approximate surface area is 165 Å². The quantitative estimate of drug-likeness (QED) is 0.338. The zero-order chi connectivity index (χ0) is 18.0. The van der Waals surface area contributed by atoms with E-state index >= 15 is 0 Å². The topological polar surface area (TPSA) is 22.0 Å². The van der Waals surface area contributed by atoms with E-state index in [2.05, 4.69) is 20.5 Å². The lowest BCUT2D eigenvalue weighted by atomic mass is 10.2. The first kappa shape index (κ1) is 18.3. The smallest absolute Gasteiger partial charge is 0.174 e. The Balaban J connectivity index is 1.80. The molecule has 0 aliphatic rings. The number of nitrogens with zero attached hydrogens (tertiary/aromatic N) is 1. The fraction of sp³-hybridized carbons (Fsp3) is 0.150. The standard InChI is InChI=1S/C20H17BrClNOS/c1-13-11-19(14(2)23(13)17-7-3-15(21)4-8-17)20(24)12-25-18-9-5-16(22)6-10-18/h3-11H,12H2,1-2H3. The molecule has 0 saturated heterocycles. The number of aromatic nitrogens is 1. The molecule has 0 spiro atoms. The number of hydrogen-bond acceptors (Lipinski definition) is 2. The molecule has 0 amide bonds. The van der Waals surface area contributed by atoms with Gasteiger partial charge in [-0.2, -0.15) is 0 Å². The number of rotatable bonds is 5. The zero-order valence-electron chi connectivity index (χ0n) is 13.9. The molecule has 3 aromatic rings. The molecule has 0 saturated carbocycles. The van der Waals surface area contributed by atoms with Gasteiger partial charge in [-0.05, 0) is 68.4 Å². The van der Waals surface area contributed by atoms with Gasteiger partial charge in [-0.25, -0.2) is 0 Å². The lowest BCUT2D eigenvalue weighted by Gasteiger charge is -2.10. The van der Waals surface area contributed by atoms with Gasteiger partial charge in [0.05, 0.1) is 5.75 Å². The highest BCUT2D eigenvalue weighted by Gasteiger charge is 2.16. The number of benzene rings is 2. The number of aryl methyl sites for hydroxylation is 1. The molecule has 0 atom stereocenters. The maximum absolute atomic E-state index is 12.7. The second kappa shape index (κ2) is 7.81. The van der Waals surface area contributed by atoms with E-state index in [1.54, 1.807) is 0 Å². The summed E-state index contributed by atoms with van der Waals surface area (Å²) in [6, 6.07) is 17.6. The van der Waals surface area contributed by atoms with Gasteiger partial charge in [0, 0.05) is 37.0 Å². The minimum absolute atomic E-state index is 0.136. The molecule has 0 fully saturated rings. The summed E-state index contributed by atoms with van der Waals surface area (Å²) in [7, 11) is 0. The first-order valence-corrected chi connectivity index (χ1v) is 9.98. The number of carbonyl (C=O) groups excluding carboxylic acids is 1. The van der Waals surface area contributed by atoms with Crippen molar-refractivity contribution in [2.45, 2.75) is 18.7 Å². The van der Waals surface area contributed by atoms with E-state index in [1.807, 2.05) is 68.4 Å². The van der Waals surface area contributed by atoms with Crippen LogP contribution in [0.2, 0.25) is 5.02 Å². The van der Waals surface area contributed by atoms with E-state index < -0.39 is 0 Å². The van der Waals surface area contributed by atoms with E-state index in [-0.39, 0.29) is 5.78 Å². The monoisotopic (exact) mass is 433 g/mol. The molecular formula is C20H17BrClNOS. The summed E-state index contributed by atoms with van der Waals surface area (Å²) in [5.41, 5.74) is 3.87. The predicted octanol–water partition coefficient (Wildman–Crippen LogP) is 6.49. The van der Waals surface area contributed by atoms with E-state index in [4.69, 9.17) is 11.6 Å². The molecule has 1 heterocycles. The fourth-order valence-corrected chi connectivity index (χ4v) is 3.96. The van der Waals surface area contributed by atoms with Gasteiger partial charge < -0.3 is 4.57 Å². The van der Waals surface area contributed by atoms with E-state index in [1.165, 1.54) is 11.8 Å². The van der Waals surface area contributed by atoms with Crippen LogP contribution in [0.5, 0.6) is 0 Å². The number of thioether (sulfide) groups is 1. The Morgan fingerprint density at radius 2 is 1.72 bits per heavy atom. The van der Waals surface area contributed by atoms with Crippen molar-refractivity contribution in [2.24, 2.45) is 0 Å². The van der Waals surface area contributed by atoms with Gasteiger partial charge in [-0.1, -0.05) is 27.5 Å². The number of Topliss-reactive ketones (excluding diaryl/α,β-unsaturated/α-hetero) is 1. The molecule has 2 nitrogen and oxygen atoms in total. The Morgan fingerprint density at radius 3 is 2.36 bits per heavy atom. The summed E-state index contributed by atoms with van der Waals surface area (Å²) in [6.07, 6.45) is 0. The molecule has 128 valence electrons. The van der Waals surface area contributed by atoms with Crippen molar-refractivity contribution in [1.82, 2.24) is 4.57 Å². The van der Waals surface area contributed by atoms with Crippen molar-refractivity contribution >= 4 is 45.1 Å². The van der Waals surface area contributed by atoms with Crippen LogP contribution in [0.1, 0.15) is 21.7 Å². The zero-order valence-corrected chi connectivity index (χ0v) is 17.1. The molecule has 0 N–H and O–H groups in total. The van der Waals surface area contributed by atoms with E-state index in [9.17, 15) is 4.79 Å². The molecule has 3 rings (SSSR count). The van der Waals surface area contributed by atoms with Gasteiger partial charge in [0.2, 0.25) is 0 Å². The maximum Gasteiger partial charge on any atom is 0.174 e. The van der Waals surface area contributed by atoms with Crippen LogP contribution in [0.15, 0.2) is 64.0 Å². The normalized spacial score (nSPS) is 10.9. The van der Waals surface area contributed by atoms with E-state index in [0.717, 1.165) is 32.0 Å². The average Bonchev–Trinajstić information content (AvgIpc) is 2.90. The highest BCUT2D eigenvalue weighted by Crippen LogP contribution is 2.25. The van der Waals surface area contributed by atoms with Gasteiger partial charge in [-0.3, -0.25) is 4.79 Å². The van der Waals surface area contributed by atoms with Crippen molar-refractivity contribution in [3.8, 4) is 5.69 Å². The van der Waals surface area contributed by atoms with Crippen molar-refractivity contribution in [3.05, 3.63) is 81.0 Å². The van der Waals surface area contributed by atoms with Crippen LogP contribution in [0, 0.1) is 13.8 Å². The molecule has 2 aromatic carbocycles. The van der Waals surface area contributed by atoms with Crippen LogP contribution in [-0.4, -0.2) is 16.1 Å². The second-order valence-electron chi connectivity index (χ2n) is 5.76. The maximum atomic E-state index is 12.7. The SMILES string of the molecule is Cc1cc(C(=O)CSc2ccc(Cl)cc2)c(C)n1-c1ccc(Br)cc1. The fourth-order valence-electron chi connectivity index (χ4n) is 2.79. The number of ketones is 1. The molecule has 0 bridgehead atoms. The molecule has 5 heteroatoms. The lowest BCUT2D eigenvalue weighted by molar-refractivity contribution is 0.102. The molecule has 0 radical (unpaired) electrons. The van der Waals surface area contributed by atoms with E-state index in [0.29, 0.717) is 10.8 Å². The molecule has 0 unspecified atom stereocenters. The summed E-state index contributed by atoms with van der Waals surface area (Å²) in [5.74, 6) is 0.545. The summed E-state index contributed by atoms with van der Waals surface area (Å²) < 4.78 is 3.15. The van der Waals surface area contributed by atoms with Gasteiger partial charge in [0.25, 0.3) is 0 Å². The van der Waals surface area contributed by atoms with Gasteiger partial charge in [0.15, 0.2) is 5.78 Å². The van der Waals surface area contributed by atoms with Crippen molar-refractivity contribution in [2.75, 3.05) is 5.75 Å². The number of halogens is 2. The van der Waals surface area contributed by atoms with Crippen LogP contribution >= 0.6 is 39.3 Å². The predicted molar refractivity (Wildman–Crippen MR) is 109 cm³/mol. The third-order valence-electron chi connectivity index (χ3n) is 4.00. The first-order valence-electron chi connectivity index (χ1n) is 7.82. The van der Waals surface area contributed by atoms with Crippen molar-refractivity contribution < 1.29 is 4.79 Å². The summed E-state index contributed by atoms with van der Waals surface area (Å²) in [6.45, 7) is 4.02. The van der Waals surface area contributed by atoms with Crippen LogP contribution < -0.4 is 0 Å². The number of hydrogen-bond donors (Lipinski definition) is 0. The molecule has 25 heavy (non-hydrogen) atoms. The minimum Gasteiger partial charge on any atom is -0.318 e. The Bertz CT molecular complexity index is 901. The second-order valence-corrected chi connectivity index (χ2v) is 8.16. The highest BCUT2D eigenvalue weighted by molar-refractivity contribution is 9.10. The molecular weight excluding hydrogens is 418 g/mol. The first-order chi connectivity index (χ1) is 12.0. The van der Waals surface area contributed by atoms with Crippen molar-refractivity contribution in [1.29, 1.82) is 0 Å². The highest BCUT2D eigenvalue weighted by atomic mass is 79.9. The Morgan fingerprint density at radius 1 is 1.08 bits per heavy atom. The molecule has 0 aliphatic heterocycles. The van der Waals surface area contributed by atoms with Gasteiger partial charge >= 0.3 is 0 Å². The largest absolute Gasteiger partial charge is 0.318 e. The minimum atomic E-state index is 0.136. The van der Waals surface area contributed by atoms with Gasteiger partial charge in [0.1, 0.15) is 0 Å². The van der Waals surface area contributed by atoms with Crippen LogP contribution in [0.25, 0.3) is 5.69 Å². The molecule has 1 aromatic heterocycles. The average molecular weight is 435 g/mol. The van der Waals surface area contributed by atoms with Crippen LogP contribution in [0.4, 0.5) is 0 Å². The number of carbonyl (C=O) groups is 1. The summed E-state index contributed by atoms with van der Waals surface area (Å²) >= 11 is 10.9. The van der Waals surface area contributed by atoms with Gasteiger partial charge in [-0.15, -0.1) is 11.8 Å².